The Balaban J connectivity index is 2.07. The number of benzene rings is 1. The predicted molar refractivity (Wildman–Crippen MR) is 75.7 cm³/mol. The van der Waals surface area contributed by atoms with E-state index in [1.54, 1.807) is 12.1 Å². The van der Waals surface area contributed by atoms with Crippen molar-refractivity contribution in [1.82, 2.24) is 0 Å². The number of ether oxygens (including phenoxy) is 1. The van der Waals surface area contributed by atoms with Gasteiger partial charge in [-0.3, -0.25) is 10.1 Å². The fraction of sp³-hybridized carbons (Fsp3) is 0.143. The number of aliphatic hydroxyl groups is 1. The maximum absolute atomic E-state index is 10.7. The van der Waals surface area contributed by atoms with E-state index in [1.807, 2.05) is 11.4 Å². The van der Waals surface area contributed by atoms with Crippen molar-refractivity contribution in [3.05, 3.63) is 56.3 Å². The van der Waals surface area contributed by atoms with Crippen LogP contribution in [0.15, 0.2) is 35.7 Å². The van der Waals surface area contributed by atoms with E-state index in [2.05, 4.69) is 11.8 Å². The lowest BCUT2D eigenvalue weighted by Gasteiger charge is -2.04. The summed E-state index contributed by atoms with van der Waals surface area (Å²) in [5.41, 5.74) is 0.795. The molecule has 2 aromatic rings. The van der Waals surface area contributed by atoms with Crippen LogP contribution in [0.3, 0.4) is 0 Å². The molecule has 0 aliphatic rings. The maximum Gasteiger partial charge on any atom is 0.273 e. The average Bonchev–Trinajstić information content (AvgIpc) is 2.90. The van der Waals surface area contributed by atoms with E-state index in [0.717, 1.165) is 10.4 Å². The Morgan fingerprint density at radius 3 is 3.00 bits per heavy atom. The molecule has 1 N–H and O–H groups in total. The first kappa shape index (κ1) is 14.1. The van der Waals surface area contributed by atoms with Crippen molar-refractivity contribution in [1.29, 1.82) is 0 Å². The molecule has 20 heavy (non-hydrogen) atoms. The van der Waals surface area contributed by atoms with Gasteiger partial charge >= 0.3 is 0 Å². The zero-order valence-corrected chi connectivity index (χ0v) is 11.2. The molecular weight excluding hydrogens is 278 g/mol. The fourth-order valence-electron chi connectivity index (χ4n) is 1.53. The SMILES string of the molecule is O=[N+]([O-])c1cccc(OCc2sccc2C#CCO)c1. The molecule has 1 aromatic carbocycles. The standard InChI is InChI=1S/C14H11NO4S/c16-7-2-3-11-6-8-20-14(11)10-19-13-5-1-4-12(9-13)15(17)18/h1,4-6,8-9,16H,7,10H2. The summed E-state index contributed by atoms with van der Waals surface area (Å²) in [4.78, 5) is 11.1. The lowest BCUT2D eigenvalue weighted by atomic mass is 10.2. The minimum absolute atomic E-state index is 0.00558. The molecule has 0 spiro atoms. The van der Waals surface area contributed by atoms with Crippen molar-refractivity contribution in [2.24, 2.45) is 0 Å². The minimum Gasteiger partial charge on any atom is -0.488 e. The molecule has 1 aromatic heterocycles. The van der Waals surface area contributed by atoms with E-state index >= 15 is 0 Å². The van der Waals surface area contributed by atoms with E-state index in [-0.39, 0.29) is 18.9 Å². The monoisotopic (exact) mass is 289 g/mol. The van der Waals surface area contributed by atoms with E-state index in [9.17, 15) is 10.1 Å². The second-order valence-corrected chi connectivity index (χ2v) is 4.76. The van der Waals surface area contributed by atoms with Crippen LogP contribution in [0.5, 0.6) is 5.75 Å². The van der Waals surface area contributed by atoms with Crippen LogP contribution >= 0.6 is 11.3 Å². The topological polar surface area (TPSA) is 72.6 Å². The van der Waals surface area contributed by atoms with Crippen LogP contribution in [0.4, 0.5) is 5.69 Å². The van der Waals surface area contributed by atoms with Crippen LogP contribution < -0.4 is 4.74 Å². The third-order valence-electron chi connectivity index (χ3n) is 2.45. The van der Waals surface area contributed by atoms with Crippen molar-refractivity contribution in [2.45, 2.75) is 6.61 Å². The maximum atomic E-state index is 10.7. The number of aliphatic hydroxyl groups excluding tert-OH is 1. The lowest BCUT2D eigenvalue weighted by Crippen LogP contribution is -1.96. The molecule has 0 saturated heterocycles. The molecule has 0 bridgehead atoms. The fourth-order valence-corrected chi connectivity index (χ4v) is 2.28. The van der Waals surface area contributed by atoms with Gasteiger partial charge in [-0.05, 0) is 17.5 Å². The normalized spacial score (nSPS) is 9.65. The van der Waals surface area contributed by atoms with Gasteiger partial charge < -0.3 is 9.84 Å². The Kier molecular flexibility index (Phi) is 4.71. The van der Waals surface area contributed by atoms with Gasteiger partial charge in [0.15, 0.2) is 0 Å². The van der Waals surface area contributed by atoms with Gasteiger partial charge in [0.05, 0.1) is 15.9 Å². The van der Waals surface area contributed by atoms with Crippen LogP contribution in [0.2, 0.25) is 0 Å². The number of hydrogen-bond acceptors (Lipinski definition) is 5. The Morgan fingerprint density at radius 2 is 2.25 bits per heavy atom. The molecule has 6 heteroatoms. The second-order valence-electron chi connectivity index (χ2n) is 3.76. The van der Waals surface area contributed by atoms with Crippen LogP contribution in [0.1, 0.15) is 10.4 Å². The van der Waals surface area contributed by atoms with Gasteiger partial charge in [-0.15, -0.1) is 11.3 Å². The molecule has 0 saturated carbocycles. The second kappa shape index (κ2) is 6.70. The number of nitro benzene ring substituents is 1. The molecule has 0 aliphatic carbocycles. The Labute approximate surface area is 119 Å². The molecular formula is C14H11NO4S. The molecule has 5 nitrogen and oxygen atoms in total. The molecule has 2 rings (SSSR count). The van der Waals surface area contributed by atoms with Gasteiger partial charge in [0.25, 0.3) is 5.69 Å². The van der Waals surface area contributed by atoms with E-state index in [4.69, 9.17) is 9.84 Å². The summed E-state index contributed by atoms with van der Waals surface area (Å²) >= 11 is 1.49. The number of hydrogen-bond donors (Lipinski definition) is 1. The molecule has 1 heterocycles. The summed E-state index contributed by atoms with van der Waals surface area (Å²) < 4.78 is 5.54. The van der Waals surface area contributed by atoms with Gasteiger partial charge in [0.1, 0.15) is 19.0 Å². The zero-order valence-electron chi connectivity index (χ0n) is 10.4. The van der Waals surface area contributed by atoms with Gasteiger partial charge in [-0.1, -0.05) is 17.9 Å². The Morgan fingerprint density at radius 1 is 1.40 bits per heavy atom. The predicted octanol–water partition coefficient (Wildman–Crippen LogP) is 2.58. The first-order valence-corrected chi connectivity index (χ1v) is 6.62. The molecule has 0 radical (unpaired) electrons. The molecule has 0 unspecified atom stereocenters. The van der Waals surface area contributed by atoms with Crippen LogP contribution in [0.25, 0.3) is 0 Å². The highest BCUT2D eigenvalue weighted by Crippen LogP contribution is 2.22. The molecule has 102 valence electrons. The summed E-state index contributed by atoms with van der Waals surface area (Å²) in [5.74, 6) is 5.85. The van der Waals surface area contributed by atoms with Crippen molar-refractivity contribution < 1.29 is 14.8 Å². The number of thiophene rings is 1. The summed E-state index contributed by atoms with van der Waals surface area (Å²) in [5, 5.41) is 21.2. The third kappa shape index (κ3) is 3.57. The molecule has 0 atom stereocenters. The largest absolute Gasteiger partial charge is 0.488 e. The molecule has 0 fully saturated rings. The summed E-state index contributed by atoms with van der Waals surface area (Å²) in [6, 6.07) is 7.89. The van der Waals surface area contributed by atoms with Gasteiger partial charge in [0, 0.05) is 11.6 Å². The Hall–Kier alpha value is -2.36. The minimum atomic E-state index is -0.462. The van der Waals surface area contributed by atoms with Gasteiger partial charge in [-0.25, -0.2) is 0 Å². The lowest BCUT2D eigenvalue weighted by molar-refractivity contribution is -0.384. The molecule has 0 amide bonds. The van der Waals surface area contributed by atoms with E-state index in [1.165, 1.54) is 23.5 Å². The highest BCUT2D eigenvalue weighted by molar-refractivity contribution is 7.10. The summed E-state index contributed by atoms with van der Waals surface area (Å²) in [7, 11) is 0. The highest BCUT2D eigenvalue weighted by Gasteiger charge is 2.08. The number of rotatable bonds is 4. The average molecular weight is 289 g/mol. The van der Waals surface area contributed by atoms with Crippen LogP contribution in [-0.2, 0) is 6.61 Å². The van der Waals surface area contributed by atoms with Crippen molar-refractivity contribution in [3.8, 4) is 17.6 Å². The first-order valence-electron chi connectivity index (χ1n) is 5.74. The van der Waals surface area contributed by atoms with Crippen molar-refractivity contribution in [3.63, 3.8) is 0 Å². The van der Waals surface area contributed by atoms with Gasteiger partial charge in [-0.2, -0.15) is 0 Å². The van der Waals surface area contributed by atoms with Crippen molar-refractivity contribution in [2.75, 3.05) is 6.61 Å². The van der Waals surface area contributed by atoms with Crippen LogP contribution in [-0.4, -0.2) is 16.6 Å². The van der Waals surface area contributed by atoms with Crippen LogP contribution in [0, 0.1) is 22.0 Å². The quantitative estimate of drug-likeness (QED) is 0.533. The van der Waals surface area contributed by atoms with E-state index in [0.29, 0.717) is 5.75 Å². The highest BCUT2D eigenvalue weighted by atomic mass is 32.1. The first-order chi connectivity index (χ1) is 9.70. The number of non-ortho nitro benzene ring substituents is 1. The zero-order chi connectivity index (χ0) is 14.4. The number of nitro groups is 1. The Bertz CT molecular complexity index is 669. The van der Waals surface area contributed by atoms with Crippen molar-refractivity contribution >= 4 is 17.0 Å². The molecule has 0 aliphatic heterocycles. The van der Waals surface area contributed by atoms with E-state index < -0.39 is 4.92 Å². The smallest absolute Gasteiger partial charge is 0.273 e. The summed E-state index contributed by atoms with van der Waals surface area (Å²) in [6.45, 7) is 0.0926. The summed E-state index contributed by atoms with van der Waals surface area (Å²) in [6.07, 6.45) is 0. The third-order valence-corrected chi connectivity index (χ3v) is 3.34. The van der Waals surface area contributed by atoms with Gasteiger partial charge in [0.2, 0.25) is 0 Å². The number of nitrogens with zero attached hydrogens (tertiary/aromatic N) is 1.